The van der Waals surface area contributed by atoms with Gasteiger partial charge in [0, 0.05) is 16.5 Å². The van der Waals surface area contributed by atoms with Crippen molar-refractivity contribution in [2.75, 3.05) is 0 Å². The van der Waals surface area contributed by atoms with Gasteiger partial charge in [0.2, 0.25) is 0 Å². The highest BCUT2D eigenvalue weighted by Gasteiger charge is 2.21. The van der Waals surface area contributed by atoms with E-state index in [-0.39, 0.29) is 6.42 Å². The van der Waals surface area contributed by atoms with Crippen molar-refractivity contribution in [3.05, 3.63) is 63.1 Å². The monoisotopic (exact) mass is 338 g/mol. The first-order valence-electron chi connectivity index (χ1n) is 6.76. The van der Waals surface area contributed by atoms with Gasteiger partial charge in [-0.05, 0) is 60.9 Å². The Morgan fingerprint density at radius 2 is 1.59 bits per heavy atom. The molecule has 116 valence electrons. The van der Waals surface area contributed by atoms with E-state index < -0.39 is 12.1 Å². The highest BCUT2D eigenvalue weighted by Crippen LogP contribution is 2.22. The predicted octanol–water partition coefficient (Wildman–Crippen LogP) is 4.68. The summed E-state index contributed by atoms with van der Waals surface area (Å²) >= 11 is 11.9. The second-order valence-electron chi connectivity index (χ2n) is 5.25. The molecule has 3 nitrogen and oxygen atoms in total. The normalized spacial score (nSPS) is 12.0. The van der Waals surface area contributed by atoms with Gasteiger partial charge in [-0.15, -0.1) is 0 Å². The molecule has 0 unspecified atom stereocenters. The molecule has 0 aliphatic carbocycles. The van der Waals surface area contributed by atoms with E-state index in [1.807, 2.05) is 32.0 Å². The Hall–Kier alpha value is -1.71. The average Bonchev–Trinajstić information content (AvgIpc) is 2.35. The van der Waals surface area contributed by atoms with Crippen molar-refractivity contribution in [3.63, 3.8) is 0 Å². The summed E-state index contributed by atoms with van der Waals surface area (Å²) in [5.74, 6) is -0.492. The fourth-order valence-electron chi connectivity index (χ4n) is 2.29. The van der Waals surface area contributed by atoms with Crippen LogP contribution in [-0.2, 0) is 11.2 Å². The zero-order chi connectivity index (χ0) is 16.3. The summed E-state index contributed by atoms with van der Waals surface area (Å²) in [7, 11) is 0. The summed E-state index contributed by atoms with van der Waals surface area (Å²) in [4.78, 5) is 11.5. The molecule has 5 heteroatoms. The molecule has 0 amide bonds. The number of aryl methyl sites for hydroxylation is 2. The third-order valence-corrected chi connectivity index (χ3v) is 3.53. The van der Waals surface area contributed by atoms with Gasteiger partial charge in [-0.3, -0.25) is 0 Å². The van der Waals surface area contributed by atoms with E-state index in [9.17, 15) is 9.90 Å². The molecular formula is C17H16Cl2O3. The molecule has 0 spiro atoms. The van der Waals surface area contributed by atoms with Gasteiger partial charge in [-0.25, -0.2) is 4.79 Å². The van der Waals surface area contributed by atoms with Gasteiger partial charge < -0.3 is 9.84 Å². The minimum absolute atomic E-state index is 0.183. The number of carboxylic acids is 1. The lowest BCUT2D eigenvalue weighted by atomic mass is 10.1. The van der Waals surface area contributed by atoms with Crippen molar-refractivity contribution in [1.29, 1.82) is 0 Å². The molecule has 0 saturated heterocycles. The summed E-state index contributed by atoms with van der Waals surface area (Å²) in [6.07, 6.45) is -0.821. The lowest BCUT2D eigenvalue weighted by Gasteiger charge is -2.16. The van der Waals surface area contributed by atoms with E-state index >= 15 is 0 Å². The number of hydrogen-bond acceptors (Lipinski definition) is 2. The fourth-order valence-corrected chi connectivity index (χ4v) is 2.86. The number of rotatable bonds is 5. The van der Waals surface area contributed by atoms with Crippen LogP contribution in [0.2, 0.25) is 10.0 Å². The molecule has 2 rings (SSSR count). The first-order valence-corrected chi connectivity index (χ1v) is 7.52. The highest BCUT2D eigenvalue weighted by atomic mass is 35.5. The third kappa shape index (κ3) is 4.65. The van der Waals surface area contributed by atoms with Gasteiger partial charge in [-0.1, -0.05) is 29.3 Å². The van der Waals surface area contributed by atoms with Crippen molar-refractivity contribution in [1.82, 2.24) is 0 Å². The van der Waals surface area contributed by atoms with Gasteiger partial charge in [0.15, 0.2) is 6.10 Å². The van der Waals surface area contributed by atoms with Crippen LogP contribution in [0.1, 0.15) is 16.7 Å². The minimum Gasteiger partial charge on any atom is -0.478 e. The number of halogens is 2. The topological polar surface area (TPSA) is 46.5 Å². The lowest BCUT2D eigenvalue weighted by molar-refractivity contribution is -0.145. The molecule has 0 aliphatic rings. The standard InChI is InChI=1S/C17H16Cl2O3/c1-10-3-11(2)5-15(4-10)22-16(17(20)21)8-12-6-13(18)9-14(19)7-12/h3-7,9,16H,8H2,1-2H3,(H,20,21)/t16-/m0/s1. The molecule has 0 bridgehead atoms. The van der Waals surface area contributed by atoms with E-state index in [0.717, 1.165) is 11.1 Å². The third-order valence-electron chi connectivity index (χ3n) is 3.09. The number of carboxylic acid groups (broad SMARTS) is 1. The van der Waals surface area contributed by atoms with Crippen LogP contribution >= 0.6 is 23.2 Å². The van der Waals surface area contributed by atoms with E-state index in [4.69, 9.17) is 27.9 Å². The first-order chi connectivity index (χ1) is 10.3. The molecule has 1 atom stereocenters. The largest absolute Gasteiger partial charge is 0.478 e. The molecule has 0 heterocycles. The Morgan fingerprint density at radius 3 is 2.09 bits per heavy atom. The molecule has 2 aromatic rings. The number of aliphatic carboxylic acids is 1. The zero-order valence-electron chi connectivity index (χ0n) is 12.3. The van der Waals surface area contributed by atoms with Crippen LogP contribution in [0, 0.1) is 13.8 Å². The SMILES string of the molecule is Cc1cc(C)cc(O[C@@H](Cc2cc(Cl)cc(Cl)c2)C(=O)O)c1. The first kappa shape index (κ1) is 16.7. The summed E-state index contributed by atoms with van der Waals surface area (Å²) in [6, 6.07) is 10.6. The number of hydrogen-bond donors (Lipinski definition) is 1. The highest BCUT2D eigenvalue weighted by molar-refractivity contribution is 6.34. The molecule has 0 radical (unpaired) electrons. The molecule has 2 aromatic carbocycles. The summed E-state index contributed by atoms with van der Waals surface area (Å²) in [5, 5.41) is 10.3. The molecule has 0 aromatic heterocycles. The van der Waals surface area contributed by atoms with Gasteiger partial charge in [0.05, 0.1) is 0 Å². The number of carbonyl (C=O) groups is 1. The Kier molecular flexibility index (Phi) is 5.33. The Bertz CT molecular complexity index is 604. The molecular weight excluding hydrogens is 323 g/mol. The van der Waals surface area contributed by atoms with Crippen molar-refractivity contribution in [2.24, 2.45) is 0 Å². The maximum absolute atomic E-state index is 11.5. The quantitative estimate of drug-likeness (QED) is 0.860. The van der Waals surface area contributed by atoms with E-state index in [1.165, 1.54) is 0 Å². The van der Waals surface area contributed by atoms with E-state index in [2.05, 4.69) is 0 Å². The van der Waals surface area contributed by atoms with E-state index in [1.54, 1.807) is 18.2 Å². The second kappa shape index (κ2) is 7.03. The van der Waals surface area contributed by atoms with Crippen LogP contribution in [0.4, 0.5) is 0 Å². The van der Waals surface area contributed by atoms with Crippen molar-refractivity contribution in [3.8, 4) is 5.75 Å². The van der Waals surface area contributed by atoms with Crippen LogP contribution in [0.25, 0.3) is 0 Å². The van der Waals surface area contributed by atoms with Crippen LogP contribution in [0.15, 0.2) is 36.4 Å². The van der Waals surface area contributed by atoms with Crippen molar-refractivity contribution >= 4 is 29.2 Å². The van der Waals surface area contributed by atoms with Gasteiger partial charge in [0.1, 0.15) is 5.75 Å². The number of benzene rings is 2. The molecule has 0 fully saturated rings. The van der Waals surface area contributed by atoms with Crippen molar-refractivity contribution < 1.29 is 14.6 Å². The molecule has 0 saturated carbocycles. The maximum atomic E-state index is 11.5. The van der Waals surface area contributed by atoms with Crippen LogP contribution in [-0.4, -0.2) is 17.2 Å². The second-order valence-corrected chi connectivity index (χ2v) is 6.12. The molecule has 0 aliphatic heterocycles. The average molecular weight is 339 g/mol. The Morgan fingerprint density at radius 1 is 1.05 bits per heavy atom. The summed E-state index contributed by atoms with van der Waals surface area (Å²) in [5.41, 5.74) is 2.75. The molecule has 22 heavy (non-hydrogen) atoms. The lowest BCUT2D eigenvalue weighted by Crippen LogP contribution is -2.29. The predicted molar refractivity (Wildman–Crippen MR) is 88.1 cm³/mol. The zero-order valence-corrected chi connectivity index (χ0v) is 13.8. The van der Waals surface area contributed by atoms with E-state index in [0.29, 0.717) is 21.4 Å². The van der Waals surface area contributed by atoms with Crippen LogP contribution in [0.3, 0.4) is 0 Å². The minimum atomic E-state index is -1.03. The van der Waals surface area contributed by atoms with Crippen molar-refractivity contribution in [2.45, 2.75) is 26.4 Å². The fraction of sp³-hybridized carbons (Fsp3) is 0.235. The smallest absolute Gasteiger partial charge is 0.345 e. The Balaban J connectivity index is 2.21. The van der Waals surface area contributed by atoms with Gasteiger partial charge in [0.25, 0.3) is 0 Å². The van der Waals surface area contributed by atoms with Crippen LogP contribution in [0.5, 0.6) is 5.75 Å². The van der Waals surface area contributed by atoms with Gasteiger partial charge in [-0.2, -0.15) is 0 Å². The summed E-state index contributed by atoms with van der Waals surface area (Å²) in [6.45, 7) is 3.87. The Labute approximate surface area is 139 Å². The van der Waals surface area contributed by atoms with Gasteiger partial charge >= 0.3 is 5.97 Å². The van der Waals surface area contributed by atoms with Crippen LogP contribution < -0.4 is 4.74 Å². The molecule has 1 N–H and O–H groups in total. The maximum Gasteiger partial charge on any atom is 0.345 e. The number of ether oxygens (including phenoxy) is 1. The summed E-state index contributed by atoms with van der Waals surface area (Å²) < 4.78 is 5.64.